The van der Waals surface area contributed by atoms with E-state index in [-0.39, 0.29) is 12.0 Å². The zero-order chi connectivity index (χ0) is 14.5. The van der Waals surface area contributed by atoms with Crippen LogP contribution in [0.25, 0.3) is 0 Å². The van der Waals surface area contributed by atoms with Gasteiger partial charge in [-0.2, -0.15) is 0 Å². The number of benzene rings is 1. The Balaban J connectivity index is 1.69. The number of nitrogens with one attached hydrogen (secondary N) is 1. The Labute approximate surface area is 128 Å². The fourth-order valence-corrected chi connectivity index (χ4v) is 2.74. The molecule has 106 valence electrons. The minimum absolute atomic E-state index is 0.0733. The van der Waals surface area contributed by atoms with Crippen molar-refractivity contribution < 1.29 is 9.53 Å². The van der Waals surface area contributed by atoms with Crippen molar-refractivity contribution in [1.29, 1.82) is 0 Å². The lowest BCUT2D eigenvalue weighted by Gasteiger charge is -2.10. The van der Waals surface area contributed by atoms with E-state index >= 15 is 0 Å². The summed E-state index contributed by atoms with van der Waals surface area (Å²) in [5.74, 6) is 6.14. The van der Waals surface area contributed by atoms with E-state index in [0.717, 1.165) is 29.0 Å². The van der Waals surface area contributed by atoms with Crippen LogP contribution in [0.5, 0.6) is 0 Å². The first-order chi connectivity index (χ1) is 10.3. The lowest BCUT2D eigenvalue weighted by atomic mass is 10.2. The van der Waals surface area contributed by atoms with Crippen LogP contribution in [0.1, 0.15) is 23.3 Å². The Morgan fingerprint density at radius 1 is 1.29 bits per heavy atom. The van der Waals surface area contributed by atoms with Crippen LogP contribution in [0.15, 0.2) is 41.8 Å². The van der Waals surface area contributed by atoms with Crippen molar-refractivity contribution in [1.82, 2.24) is 0 Å². The molecule has 2 aromatic rings. The molecule has 1 fully saturated rings. The molecule has 2 heterocycles. The summed E-state index contributed by atoms with van der Waals surface area (Å²) in [7, 11) is 0. The van der Waals surface area contributed by atoms with Gasteiger partial charge in [0.05, 0.1) is 4.88 Å². The first-order valence-corrected chi connectivity index (χ1v) is 7.77. The van der Waals surface area contributed by atoms with Gasteiger partial charge in [-0.15, -0.1) is 11.3 Å². The highest BCUT2D eigenvalue weighted by atomic mass is 32.1. The normalized spacial score (nSPS) is 17.0. The van der Waals surface area contributed by atoms with Crippen molar-refractivity contribution in [3.63, 3.8) is 0 Å². The minimum atomic E-state index is -0.314. The summed E-state index contributed by atoms with van der Waals surface area (Å²) in [5, 5.41) is 4.89. The molecule has 1 amide bonds. The molecule has 0 aliphatic carbocycles. The van der Waals surface area contributed by atoms with E-state index in [4.69, 9.17) is 4.74 Å². The Morgan fingerprint density at radius 3 is 3.00 bits per heavy atom. The van der Waals surface area contributed by atoms with E-state index < -0.39 is 0 Å². The maximum absolute atomic E-state index is 12.0. The summed E-state index contributed by atoms with van der Waals surface area (Å²) in [6, 6.07) is 11.5. The topological polar surface area (TPSA) is 38.3 Å². The average molecular weight is 297 g/mol. The highest BCUT2D eigenvalue weighted by Gasteiger charge is 2.23. The largest absolute Gasteiger partial charge is 0.368 e. The molecule has 3 rings (SSSR count). The van der Waals surface area contributed by atoms with Crippen LogP contribution in [0.3, 0.4) is 0 Å². The van der Waals surface area contributed by atoms with E-state index in [1.807, 2.05) is 41.8 Å². The number of ether oxygens (including phenoxy) is 1. The molecule has 0 bridgehead atoms. The van der Waals surface area contributed by atoms with Crippen molar-refractivity contribution in [3.8, 4) is 11.8 Å². The molecule has 1 saturated heterocycles. The predicted octanol–water partition coefficient (Wildman–Crippen LogP) is 3.27. The molecule has 0 radical (unpaired) electrons. The van der Waals surface area contributed by atoms with Crippen LogP contribution in [0, 0.1) is 11.8 Å². The third-order valence-corrected chi connectivity index (χ3v) is 3.99. The van der Waals surface area contributed by atoms with Gasteiger partial charge in [-0.05, 0) is 42.5 Å². The molecule has 1 aliphatic heterocycles. The number of carbonyl (C=O) groups excluding carboxylic acids is 1. The minimum Gasteiger partial charge on any atom is -0.368 e. The van der Waals surface area contributed by atoms with E-state index in [2.05, 4.69) is 17.2 Å². The lowest BCUT2D eigenvalue weighted by molar-refractivity contribution is -0.124. The number of thiophene rings is 1. The molecule has 1 aliphatic rings. The summed E-state index contributed by atoms with van der Waals surface area (Å²) < 4.78 is 5.38. The highest BCUT2D eigenvalue weighted by molar-refractivity contribution is 7.10. The first kappa shape index (κ1) is 13.9. The number of amides is 1. The number of carbonyl (C=O) groups is 1. The smallest absolute Gasteiger partial charge is 0.253 e. The third-order valence-electron chi connectivity index (χ3n) is 3.20. The van der Waals surface area contributed by atoms with Gasteiger partial charge >= 0.3 is 0 Å². The van der Waals surface area contributed by atoms with Gasteiger partial charge in [-0.3, -0.25) is 4.79 Å². The van der Waals surface area contributed by atoms with E-state index in [0.29, 0.717) is 6.61 Å². The van der Waals surface area contributed by atoms with Gasteiger partial charge in [0.1, 0.15) is 6.10 Å². The highest BCUT2D eigenvalue weighted by Crippen LogP contribution is 2.16. The maximum atomic E-state index is 12.0. The van der Waals surface area contributed by atoms with Crippen molar-refractivity contribution >= 4 is 22.9 Å². The molecular weight excluding hydrogens is 282 g/mol. The molecule has 3 nitrogen and oxygen atoms in total. The van der Waals surface area contributed by atoms with Crippen molar-refractivity contribution in [2.75, 3.05) is 11.9 Å². The quantitative estimate of drug-likeness (QED) is 0.864. The summed E-state index contributed by atoms with van der Waals surface area (Å²) >= 11 is 1.61. The monoisotopic (exact) mass is 297 g/mol. The standard InChI is InChI=1S/C17H15NO2S/c19-17(16-7-2-10-20-16)18-14-5-1-4-13(12-14)8-9-15-6-3-11-21-15/h1,3-6,11-12,16H,2,7,10H2,(H,18,19). The van der Waals surface area contributed by atoms with Gasteiger partial charge in [0.2, 0.25) is 0 Å². The fraction of sp³-hybridized carbons (Fsp3) is 0.235. The van der Waals surface area contributed by atoms with Gasteiger partial charge in [0.15, 0.2) is 0 Å². The van der Waals surface area contributed by atoms with Crippen molar-refractivity contribution in [2.45, 2.75) is 18.9 Å². The molecule has 1 aromatic carbocycles. The molecule has 0 spiro atoms. The van der Waals surface area contributed by atoms with Gasteiger partial charge in [-0.25, -0.2) is 0 Å². The van der Waals surface area contributed by atoms with Gasteiger partial charge in [-0.1, -0.05) is 24.0 Å². The molecular formula is C17H15NO2S. The van der Waals surface area contributed by atoms with Crippen LogP contribution in [0.4, 0.5) is 5.69 Å². The molecule has 21 heavy (non-hydrogen) atoms. The van der Waals surface area contributed by atoms with Crippen molar-refractivity contribution in [2.24, 2.45) is 0 Å². The Morgan fingerprint density at radius 2 is 2.24 bits per heavy atom. The van der Waals surface area contributed by atoms with Gasteiger partial charge in [0.25, 0.3) is 5.91 Å². The molecule has 1 unspecified atom stereocenters. The lowest BCUT2D eigenvalue weighted by Crippen LogP contribution is -2.26. The predicted molar refractivity (Wildman–Crippen MR) is 84.3 cm³/mol. The van der Waals surface area contributed by atoms with Crippen molar-refractivity contribution in [3.05, 3.63) is 52.2 Å². The zero-order valence-electron chi connectivity index (χ0n) is 11.5. The second-order valence-corrected chi connectivity index (χ2v) is 5.75. The number of rotatable bonds is 2. The van der Waals surface area contributed by atoms with Crippen LogP contribution in [0.2, 0.25) is 0 Å². The van der Waals surface area contributed by atoms with Crippen LogP contribution in [-0.2, 0) is 9.53 Å². The van der Waals surface area contributed by atoms with E-state index in [1.54, 1.807) is 11.3 Å². The van der Waals surface area contributed by atoms with Crippen LogP contribution < -0.4 is 5.32 Å². The fourth-order valence-electron chi connectivity index (χ4n) is 2.17. The number of anilines is 1. The van der Waals surface area contributed by atoms with Crippen LogP contribution in [-0.4, -0.2) is 18.6 Å². The summed E-state index contributed by atoms with van der Waals surface area (Å²) in [6.45, 7) is 0.671. The molecule has 1 atom stereocenters. The Hall–Kier alpha value is -2.09. The number of hydrogen-bond acceptors (Lipinski definition) is 3. The average Bonchev–Trinajstić information content (AvgIpc) is 3.19. The SMILES string of the molecule is O=C(Nc1cccc(C#Cc2cccs2)c1)C1CCCO1. The summed E-state index contributed by atoms with van der Waals surface area (Å²) in [4.78, 5) is 13.0. The second-order valence-electron chi connectivity index (χ2n) is 4.80. The second kappa shape index (κ2) is 6.57. The zero-order valence-corrected chi connectivity index (χ0v) is 12.3. The summed E-state index contributed by atoms with van der Waals surface area (Å²) in [5.41, 5.74) is 1.64. The summed E-state index contributed by atoms with van der Waals surface area (Å²) in [6.07, 6.45) is 1.43. The van der Waals surface area contributed by atoms with Crippen LogP contribution >= 0.6 is 11.3 Å². The van der Waals surface area contributed by atoms with E-state index in [1.165, 1.54) is 0 Å². The van der Waals surface area contributed by atoms with E-state index in [9.17, 15) is 4.79 Å². The Kier molecular flexibility index (Phi) is 4.34. The maximum Gasteiger partial charge on any atom is 0.253 e. The van der Waals surface area contributed by atoms with Gasteiger partial charge in [0, 0.05) is 17.9 Å². The molecule has 0 saturated carbocycles. The molecule has 1 N–H and O–H groups in total. The molecule has 4 heteroatoms. The third kappa shape index (κ3) is 3.72. The molecule has 1 aromatic heterocycles. The number of hydrogen-bond donors (Lipinski definition) is 1. The van der Waals surface area contributed by atoms with Gasteiger partial charge < -0.3 is 10.1 Å². The Bertz CT molecular complexity index is 676. The first-order valence-electron chi connectivity index (χ1n) is 6.89.